The Labute approximate surface area is 207 Å². The molecule has 2 aromatic rings. The van der Waals surface area contributed by atoms with E-state index < -0.39 is 0 Å². The zero-order valence-corrected chi connectivity index (χ0v) is 21.3. The number of fused-ring (bicyclic) bond motifs is 1. The van der Waals surface area contributed by atoms with E-state index in [-0.39, 0.29) is 0 Å². The molecule has 0 N–H and O–H groups in total. The monoisotopic (exact) mass is 466 g/mol. The van der Waals surface area contributed by atoms with Crippen LogP contribution in [0.15, 0.2) is 147 Å². The molecule has 3 rings (SSSR count). The molecule has 0 amide bonds. The molecule has 1 aliphatic rings. The van der Waals surface area contributed by atoms with Crippen LogP contribution in [-0.4, -0.2) is 0 Å². The van der Waals surface area contributed by atoms with Gasteiger partial charge in [0.15, 0.2) is 0 Å². The van der Waals surface area contributed by atoms with E-state index in [1.165, 1.54) is 26.5 Å². The Kier molecular flexibility index (Phi) is 8.43. The van der Waals surface area contributed by atoms with Gasteiger partial charge in [0.25, 0.3) is 0 Å². The van der Waals surface area contributed by atoms with E-state index in [1.54, 1.807) is 29.6 Å². The number of hydrogen-bond acceptors (Lipinski definition) is 2. The summed E-state index contributed by atoms with van der Waals surface area (Å²) in [6, 6.07) is 15.0. The van der Waals surface area contributed by atoms with Gasteiger partial charge in [0.1, 0.15) is 0 Å². The standard InChI is InChI=1S/C31H30S2/c1-8-10-15-21(3)24(6)29-30(25(7)22(4)16-11-9-2)33-31-27(26-17-13-12-14-18-26)20-19-23(5)28(31)32-29/h8-20H,1,3,6-7H2,2,4-5H3/b11-9-,15-10-,22-16+. The minimum absolute atomic E-state index is 0.874. The van der Waals surface area contributed by atoms with Crippen molar-refractivity contribution in [3.05, 3.63) is 143 Å². The highest BCUT2D eigenvalue weighted by Crippen LogP contribution is 2.56. The summed E-state index contributed by atoms with van der Waals surface area (Å²) in [6.45, 7) is 23.2. The van der Waals surface area contributed by atoms with E-state index in [0.29, 0.717) is 0 Å². The van der Waals surface area contributed by atoms with Crippen LogP contribution in [0, 0.1) is 6.92 Å². The first-order chi connectivity index (χ1) is 15.9. The van der Waals surface area contributed by atoms with Crippen LogP contribution in [0.2, 0.25) is 0 Å². The molecule has 0 radical (unpaired) electrons. The van der Waals surface area contributed by atoms with Crippen molar-refractivity contribution in [1.29, 1.82) is 0 Å². The maximum atomic E-state index is 4.48. The number of hydrogen-bond donors (Lipinski definition) is 0. The average Bonchev–Trinajstić information content (AvgIpc) is 2.85. The molecule has 0 nitrogen and oxygen atoms in total. The Morgan fingerprint density at radius 2 is 1.52 bits per heavy atom. The van der Waals surface area contributed by atoms with Crippen LogP contribution in [0.4, 0.5) is 0 Å². The van der Waals surface area contributed by atoms with Gasteiger partial charge in [0, 0.05) is 19.6 Å². The molecule has 1 aliphatic heterocycles. The van der Waals surface area contributed by atoms with Crippen LogP contribution in [-0.2, 0) is 0 Å². The van der Waals surface area contributed by atoms with Gasteiger partial charge in [-0.25, -0.2) is 0 Å². The van der Waals surface area contributed by atoms with Crippen molar-refractivity contribution in [2.75, 3.05) is 0 Å². The molecular weight excluding hydrogens is 436 g/mol. The molecule has 33 heavy (non-hydrogen) atoms. The maximum Gasteiger partial charge on any atom is 0.0343 e. The van der Waals surface area contributed by atoms with Gasteiger partial charge < -0.3 is 0 Å². The van der Waals surface area contributed by atoms with Crippen molar-refractivity contribution < 1.29 is 0 Å². The van der Waals surface area contributed by atoms with Gasteiger partial charge in [-0.15, -0.1) is 0 Å². The van der Waals surface area contributed by atoms with Crippen molar-refractivity contribution in [1.82, 2.24) is 0 Å². The molecule has 0 atom stereocenters. The van der Waals surface area contributed by atoms with E-state index in [1.807, 2.05) is 25.2 Å². The summed E-state index contributed by atoms with van der Waals surface area (Å²) in [7, 11) is 0. The Morgan fingerprint density at radius 3 is 2.18 bits per heavy atom. The molecule has 0 saturated heterocycles. The Bertz CT molecular complexity index is 1230. The van der Waals surface area contributed by atoms with E-state index in [9.17, 15) is 0 Å². The van der Waals surface area contributed by atoms with E-state index in [4.69, 9.17) is 0 Å². The lowest BCUT2D eigenvalue weighted by atomic mass is 10.0. The molecule has 2 heteroatoms. The van der Waals surface area contributed by atoms with Gasteiger partial charge in [0.05, 0.1) is 0 Å². The number of rotatable bonds is 8. The van der Waals surface area contributed by atoms with Gasteiger partial charge in [-0.3, -0.25) is 0 Å². The first kappa shape index (κ1) is 24.7. The fraction of sp³-hybridized carbons (Fsp3) is 0.0968. The Hall–Kier alpha value is -2.94. The summed E-state index contributed by atoms with van der Waals surface area (Å²) in [6.07, 6.45) is 11.8. The van der Waals surface area contributed by atoms with E-state index >= 15 is 0 Å². The lowest BCUT2D eigenvalue weighted by Crippen LogP contribution is -2.03. The van der Waals surface area contributed by atoms with Gasteiger partial charge in [-0.1, -0.05) is 129 Å². The minimum atomic E-state index is 0.874. The summed E-state index contributed by atoms with van der Waals surface area (Å²) in [5.74, 6) is 0. The van der Waals surface area contributed by atoms with Crippen LogP contribution in [0.25, 0.3) is 11.1 Å². The predicted octanol–water partition coefficient (Wildman–Crippen LogP) is 10.0. The number of benzene rings is 2. The molecule has 166 valence electrons. The number of aryl methyl sites for hydroxylation is 1. The zero-order chi connectivity index (χ0) is 24.0. The van der Waals surface area contributed by atoms with E-state index in [0.717, 1.165) is 32.1 Å². The second kappa shape index (κ2) is 11.3. The van der Waals surface area contributed by atoms with Crippen molar-refractivity contribution in [3.63, 3.8) is 0 Å². The summed E-state index contributed by atoms with van der Waals surface area (Å²) in [4.78, 5) is 4.78. The highest BCUT2D eigenvalue weighted by atomic mass is 32.2. The normalized spacial score (nSPS) is 14.0. The molecule has 0 unspecified atom stereocenters. The predicted molar refractivity (Wildman–Crippen MR) is 151 cm³/mol. The first-order valence-corrected chi connectivity index (χ1v) is 12.5. The summed E-state index contributed by atoms with van der Waals surface area (Å²) in [5, 5.41) is 0. The fourth-order valence-electron chi connectivity index (χ4n) is 3.38. The largest absolute Gasteiger partial charge is 0.0991 e. The third kappa shape index (κ3) is 5.52. The lowest BCUT2D eigenvalue weighted by molar-refractivity contribution is 1.17. The highest BCUT2D eigenvalue weighted by Gasteiger charge is 2.27. The first-order valence-electron chi connectivity index (χ1n) is 10.8. The molecule has 2 aromatic carbocycles. The van der Waals surface area contributed by atoms with Crippen molar-refractivity contribution in [3.8, 4) is 11.1 Å². The fourth-order valence-corrected chi connectivity index (χ4v) is 6.24. The van der Waals surface area contributed by atoms with Crippen LogP contribution in [0.3, 0.4) is 0 Å². The van der Waals surface area contributed by atoms with Gasteiger partial charge in [-0.2, -0.15) is 0 Å². The summed E-state index contributed by atoms with van der Waals surface area (Å²) >= 11 is 3.56. The van der Waals surface area contributed by atoms with Gasteiger partial charge in [0.2, 0.25) is 0 Å². The molecule has 0 bridgehead atoms. The number of allylic oxidation sites excluding steroid dienone is 10. The second-order valence-electron chi connectivity index (χ2n) is 7.77. The molecule has 1 heterocycles. The van der Waals surface area contributed by atoms with Crippen LogP contribution in [0.1, 0.15) is 19.4 Å². The Balaban J connectivity index is 2.19. The summed E-state index contributed by atoms with van der Waals surface area (Å²) in [5.41, 5.74) is 7.64. The Morgan fingerprint density at radius 1 is 0.848 bits per heavy atom. The third-order valence-electron chi connectivity index (χ3n) is 5.39. The second-order valence-corrected chi connectivity index (χ2v) is 9.81. The van der Waals surface area contributed by atoms with Crippen LogP contribution in [0.5, 0.6) is 0 Å². The smallest absolute Gasteiger partial charge is 0.0343 e. The minimum Gasteiger partial charge on any atom is -0.0991 e. The maximum absolute atomic E-state index is 4.48. The van der Waals surface area contributed by atoms with E-state index in [2.05, 4.69) is 94.8 Å². The van der Waals surface area contributed by atoms with Gasteiger partial charge in [-0.05, 0) is 59.8 Å². The molecule has 0 aromatic heterocycles. The SMILES string of the molecule is C=C/C=C\C(=C)C(=C)C1=C(C(=C)/C(C)=C/C=C\C)Sc2c(-c3ccccc3)ccc(C)c2S1. The van der Waals surface area contributed by atoms with Crippen LogP contribution < -0.4 is 0 Å². The van der Waals surface area contributed by atoms with Gasteiger partial charge >= 0.3 is 0 Å². The van der Waals surface area contributed by atoms with Crippen molar-refractivity contribution in [2.45, 2.75) is 30.6 Å². The van der Waals surface area contributed by atoms with Crippen LogP contribution >= 0.6 is 23.5 Å². The molecule has 0 spiro atoms. The zero-order valence-electron chi connectivity index (χ0n) is 19.7. The molecule has 0 saturated carbocycles. The average molecular weight is 467 g/mol. The topological polar surface area (TPSA) is 0 Å². The third-order valence-corrected chi connectivity index (χ3v) is 8.32. The molecule has 0 fully saturated rings. The molecular formula is C31H30S2. The summed E-state index contributed by atoms with van der Waals surface area (Å²) < 4.78 is 0. The lowest BCUT2D eigenvalue weighted by Gasteiger charge is -2.28. The quantitative estimate of drug-likeness (QED) is 0.355. The highest BCUT2D eigenvalue weighted by molar-refractivity contribution is 8.09. The van der Waals surface area contributed by atoms with Crippen molar-refractivity contribution >= 4 is 23.5 Å². The van der Waals surface area contributed by atoms with Crippen molar-refractivity contribution in [2.24, 2.45) is 0 Å². The molecule has 0 aliphatic carbocycles. The number of thioether (sulfide) groups is 2.